The molecule has 1 aliphatic carbocycles. The second kappa shape index (κ2) is 13.9. The molecule has 4 heterocycles. The van der Waals surface area contributed by atoms with E-state index in [0.717, 1.165) is 50.0 Å². The Morgan fingerprint density at radius 2 is 1.60 bits per heavy atom. The van der Waals surface area contributed by atoms with Gasteiger partial charge in [0.1, 0.15) is 29.0 Å². The van der Waals surface area contributed by atoms with Crippen LogP contribution in [0.25, 0.3) is 11.2 Å². The van der Waals surface area contributed by atoms with Crippen LogP contribution in [-0.2, 0) is 20.4 Å². The van der Waals surface area contributed by atoms with Gasteiger partial charge in [-0.3, -0.25) is 5.10 Å². The predicted molar refractivity (Wildman–Crippen MR) is 207 cm³/mol. The molecule has 3 atom stereocenters. The lowest BCUT2D eigenvalue weighted by Gasteiger charge is -2.50. The molecule has 1 saturated carbocycles. The van der Waals surface area contributed by atoms with Gasteiger partial charge in [0.2, 0.25) is 0 Å². The lowest BCUT2D eigenvalue weighted by molar-refractivity contribution is -0.162. The third-order valence-corrected chi connectivity index (χ3v) is 11.1. The molecule has 0 saturated heterocycles. The number of H-pyrrole nitrogens is 1. The Labute approximate surface area is 311 Å². The molecular weight excluding hydrogens is 651 g/mol. The summed E-state index contributed by atoms with van der Waals surface area (Å²) in [4.78, 5) is 24.8. The van der Waals surface area contributed by atoms with E-state index in [9.17, 15) is 10.1 Å². The van der Waals surface area contributed by atoms with Gasteiger partial charge in [-0.05, 0) is 42.4 Å². The summed E-state index contributed by atoms with van der Waals surface area (Å²) in [5.41, 5.74) is 1.16. The molecule has 3 unspecified atom stereocenters. The number of hydrogen-bond acceptors (Lipinski definition) is 8. The molecule has 1 aliphatic heterocycles. The van der Waals surface area contributed by atoms with Crippen molar-refractivity contribution in [1.82, 2.24) is 34.6 Å². The van der Waals surface area contributed by atoms with E-state index in [1.165, 1.54) is 0 Å². The van der Waals surface area contributed by atoms with Gasteiger partial charge in [-0.2, -0.15) is 24.7 Å². The van der Waals surface area contributed by atoms with Gasteiger partial charge in [-0.25, -0.2) is 14.8 Å². The minimum absolute atomic E-state index is 0.0925. The molecule has 3 aromatic heterocycles. The Hall–Kier alpha value is -3.81. The molecule has 11 heteroatoms. The Bertz CT molecular complexity index is 1880. The highest BCUT2D eigenvalue weighted by Crippen LogP contribution is 2.50. The van der Waals surface area contributed by atoms with Crippen LogP contribution in [-0.4, -0.2) is 52.5 Å². The minimum Gasteiger partial charge on any atom is -0.458 e. The van der Waals surface area contributed by atoms with Gasteiger partial charge in [-0.1, -0.05) is 117 Å². The number of nitrogens with one attached hydrogen (secondary N) is 1. The van der Waals surface area contributed by atoms with Crippen molar-refractivity contribution >= 4 is 28.7 Å². The molecule has 5 rings (SSSR count). The highest BCUT2D eigenvalue weighted by Gasteiger charge is 2.49. The molecule has 52 heavy (non-hydrogen) atoms. The van der Waals surface area contributed by atoms with Gasteiger partial charge < -0.3 is 4.74 Å². The summed E-state index contributed by atoms with van der Waals surface area (Å²) in [5, 5.41) is 28.8. The maximum Gasteiger partial charge on any atom is 0.343 e. The molecule has 0 aromatic carbocycles. The number of allylic oxidation sites excluding steroid dienone is 1. The lowest BCUT2D eigenvalue weighted by atomic mass is 9.59. The Kier molecular flexibility index (Phi) is 10.5. The molecule has 1 fully saturated rings. The van der Waals surface area contributed by atoms with Crippen LogP contribution in [0, 0.1) is 39.9 Å². The van der Waals surface area contributed by atoms with Crippen molar-refractivity contribution in [3.63, 3.8) is 0 Å². The first-order valence-corrected chi connectivity index (χ1v) is 19.4. The molecule has 0 amide bonds. The zero-order valence-corrected chi connectivity index (χ0v) is 34.5. The van der Waals surface area contributed by atoms with Crippen molar-refractivity contribution in [2.24, 2.45) is 33.6 Å². The molecule has 1 N–H and O–H groups in total. The topological polar surface area (TPSA) is 139 Å². The molecule has 0 bridgehead atoms. The van der Waals surface area contributed by atoms with E-state index < -0.39 is 16.8 Å². The van der Waals surface area contributed by atoms with Gasteiger partial charge in [0, 0.05) is 28.6 Å². The maximum atomic E-state index is 14.7. The van der Waals surface area contributed by atoms with E-state index in [0.29, 0.717) is 23.1 Å². The van der Waals surface area contributed by atoms with Crippen LogP contribution in [0.4, 0.5) is 5.69 Å². The number of rotatable bonds is 8. The fourth-order valence-corrected chi connectivity index (χ4v) is 8.00. The second-order valence-electron chi connectivity index (χ2n) is 19.6. The first-order chi connectivity index (χ1) is 24.0. The van der Waals surface area contributed by atoms with Gasteiger partial charge >= 0.3 is 5.97 Å². The highest BCUT2D eigenvalue weighted by molar-refractivity contribution is 6.30. The van der Waals surface area contributed by atoms with E-state index in [2.05, 4.69) is 94.3 Å². The van der Waals surface area contributed by atoms with Crippen molar-refractivity contribution < 1.29 is 9.53 Å². The average molecular weight is 714 g/mol. The van der Waals surface area contributed by atoms with E-state index >= 15 is 0 Å². The number of nitrogens with zero attached hydrogens (tertiary/aromatic N) is 8. The summed E-state index contributed by atoms with van der Waals surface area (Å²) >= 11 is 0. The zero-order chi connectivity index (χ0) is 38.7. The van der Waals surface area contributed by atoms with Gasteiger partial charge in [0.25, 0.3) is 0 Å². The Balaban J connectivity index is 1.72. The van der Waals surface area contributed by atoms with E-state index in [4.69, 9.17) is 30.0 Å². The standard InChI is InChI=1S/C41H63N9O2/c1-16-18-19-24(17-2)32-45-46-35-29(31(40(10,11)12)47-49(32)35)43-33-25(22-42)28(34-44-37(41(13,14)15)48-50(33)34)36(51)52-30-26(38(4,5)6)20-23(3)21-27(30)39(7,8)9/h23-24,26-27,30,46H,16-21H2,1-15H3/b43-33-. The SMILES string of the molecule is CCCCC(CC)c1n[nH]c2c(/N=C3/C(C#N)=C(C(=O)OC4C(C(C)(C)C)CC(C)CC4C(C)(C)C)c4nc(C(C)(C)C)nn43)c(C(C)(C)C)nn12. The second-order valence-corrected chi connectivity index (χ2v) is 19.6. The van der Waals surface area contributed by atoms with E-state index in [1.54, 1.807) is 4.68 Å². The lowest BCUT2D eigenvalue weighted by Crippen LogP contribution is -2.49. The average Bonchev–Trinajstić information content (AvgIpc) is 3.77. The quantitative estimate of drug-likeness (QED) is 0.229. The van der Waals surface area contributed by atoms with Crippen LogP contribution in [0.1, 0.15) is 171 Å². The van der Waals surface area contributed by atoms with Crippen molar-refractivity contribution in [3.05, 3.63) is 28.7 Å². The molecule has 2 aliphatic rings. The van der Waals surface area contributed by atoms with Gasteiger partial charge in [0.15, 0.2) is 29.0 Å². The summed E-state index contributed by atoms with van der Waals surface area (Å²) in [6.07, 6.45) is 5.75. The molecule has 0 spiro atoms. The van der Waals surface area contributed by atoms with E-state index in [1.807, 2.05) is 25.3 Å². The van der Waals surface area contributed by atoms with Crippen LogP contribution in [0.2, 0.25) is 0 Å². The number of aliphatic imine (C=N–C) groups is 1. The summed E-state index contributed by atoms with van der Waals surface area (Å²) in [6.45, 7) is 32.4. The van der Waals surface area contributed by atoms with Crippen LogP contribution < -0.4 is 0 Å². The fraction of sp³-hybridized carbons (Fsp3) is 0.732. The number of aromatic amines is 1. The summed E-state index contributed by atoms with van der Waals surface area (Å²) in [7, 11) is 0. The molecule has 11 nitrogen and oxygen atoms in total. The fourth-order valence-electron chi connectivity index (χ4n) is 8.00. The molecule has 0 radical (unpaired) electrons. The number of unbranched alkanes of at least 4 members (excludes halogenated alkanes) is 1. The Morgan fingerprint density at radius 3 is 2.10 bits per heavy atom. The monoisotopic (exact) mass is 714 g/mol. The normalized spacial score (nSPS) is 23.0. The minimum atomic E-state index is -0.555. The number of nitriles is 1. The zero-order valence-electron chi connectivity index (χ0n) is 34.5. The smallest absolute Gasteiger partial charge is 0.343 e. The van der Waals surface area contributed by atoms with Crippen molar-refractivity contribution in [3.8, 4) is 6.07 Å². The summed E-state index contributed by atoms with van der Waals surface area (Å²) in [5.74, 6) is 2.40. The molecular formula is C41H63N9O2. The van der Waals surface area contributed by atoms with Crippen LogP contribution >= 0.6 is 0 Å². The third kappa shape index (κ3) is 7.36. The number of aromatic nitrogens is 7. The summed E-state index contributed by atoms with van der Waals surface area (Å²) in [6, 6.07) is 2.33. The van der Waals surface area contributed by atoms with Crippen LogP contribution in [0.15, 0.2) is 10.6 Å². The highest BCUT2D eigenvalue weighted by atomic mass is 16.5. The number of carbonyl (C=O) groups excluding carboxylic acids is 1. The third-order valence-electron chi connectivity index (χ3n) is 11.1. The van der Waals surface area contributed by atoms with Crippen molar-refractivity contribution in [1.29, 1.82) is 5.26 Å². The van der Waals surface area contributed by atoms with Crippen LogP contribution in [0.5, 0.6) is 0 Å². The number of esters is 1. The first kappa shape index (κ1) is 39.4. The number of hydrogen-bond donors (Lipinski definition) is 1. The number of carbonyl (C=O) groups is 1. The van der Waals surface area contributed by atoms with E-state index in [-0.39, 0.29) is 57.5 Å². The predicted octanol–water partition coefficient (Wildman–Crippen LogP) is 9.46. The van der Waals surface area contributed by atoms with Gasteiger partial charge in [-0.15, -0.1) is 5.10 Å². The largest absolute Gasteiger partial charge is 0.458 e. The van der Waals surface area contributed by atoms with Crippen molar-refractivity contribution in [2.45, 2.75) is 165 Å². The van der Waals surface area contributed by atoms with Gasteiger partial charge in [0.05, 0.1) is 5.69 Å². The number of fused-ring (bicyclic) bond motifs is 2. The Morgan fingerprint density at radius 1 is 0.981 bits per heavy atom. The maximum absolute atomic E-state index is 14.7. The van der Waals surface area contributed by atoms with Crippen molar-refractivity contribution in [2.75, 3.05) is 0 Å². The number of ether oxygens (including phenoxy) is 1. The molecule has 3 aromatic rings. The van der Waals surface area contributed by atoms with Crippen LogP contribution in [0.3, 0.4) is 0 Å². The molecule has 284 valence electrons. The summed E-state index contributed by atoms with van der Waals surface area (Å²) < 4.78 is 10.1. The first-order valence-electron chi connectivity index (χ1n) is 19.4.